The van der Waals surface area contributed by atoms with E-state index in [1.807, 2.05) is 6.92 Å². The van der Waals surface area contributed by atoms with E-state index < -0.39 is 12.2 Å². The second kappa shape index (κ2) is 7.22. The third-order valence-electron chi connectivity index (χ3n) is 4.55. The van der Waals surface area contributed by atoms with Crippen molar-refractivity contribution in [1.29, 1.82) is 0 Å². The number of hydrogen-bond acceptors (Lipinski definition) is 7. The van der Waals surface area contributed by atoms with Gasteiger partial charge < -0.3 is 19.5 Å². The summed E-state index contributed by atoms with van der Waals surface area (Å²) in [5, 5.41) is 7.46. The number of fused-ring (bicyclic) bond motifs is 1. The summed E-state index contributed by atoms with van der Waals surface area (Å²) in [7, 11) is 3.01. The summed E-state index contributed by atoms with van der Waals surface area (Å²) in [4.78, 5) is 16.6. The summed E-state index contributed by atoms with van der Waals surface area (Å²) in [6.45, 7) is 2.65. The van der Waals surface area contributed by atoms with Gasteiger partial charge >= 0.3 is 5.97 Å². The van der Waals surface area contributed by atoms with E-state index in [4.69, 9.17) is 14.2 Å². The fraction of sp³-hybridized carbons (Fsp3) is 0.250. The number of cyclic esters (lactones) is 1. The van der Waals surface area contributed by atoms with Crippen molar-refractivity contribution >= 4 is 11.9 Å². The minimum Gasteiger partial charge on any atom is -0.493 e. The fourth-order valence-electron chi connectivity index (χ4n) is 3.14. The third-order valence-corrected chi connectivity index (χ3v) is 4.55. The maximum atomic E-state index is 12.3. The molecule has 0 amide bonds. The molecule has 144 valence electrons. The molecule has 1 aliphatic heterocycles. The Hall–Kier alpha value is -3.55. The molecule has 4 rings (SSSR count). The van der Waals surface area contributed by atoms with Gasteiger partial charge in [0.05, 0.1) is 20.8 Å². The van der Waals surface area contributed by atoms with Crippen LogP contribution in [0.1, 0.15) is 33.3 Å². The van der Waals surface area contributed by atoms with Crippen LogP contribution < -0.4 is 14.8 Å². The van der Waals surface area contributed by atoms with Gasteiger partial charge in [-0.2, -0.15) is 0 Å². The summed E-state index contributed by atoms with van der Waals surface area (Å²) in [5.41, 5.74) is 3.32. The zero-order chi connectivity index (χ0) is 19.7. The van der Waals surface area contributed by atoms with Crippen molar-refractivity contribution in [1.82, 2.24) is 14.8 Å². The molecule has 8 heteroatoms. The lowest BCUT2D eigenvalue weighted by Crippen LogP contribution is -2.12. The number of carbonyl (C=O) groups is 1. The maximum absolute atomic E-state index is 12.3. The van der Waals surface area contributed by atoms with Crippen LogP contribution in [-0.2, 0) is 11.3 Å². The van der Waals surface area contributed by atoms with Crippen LogP contribution in [0.25, 0.3) is 0 Å². The van der Waals surface area contributed by atoms with E-state index >= 15 is 0 Å². The van der Waals surface area contributed by atoms with E-state index in [1.165, 1.54) is 19.8 Å². The first-order chi connectivity index (χ1) is 13.6. The lowest BCUT2D eigenvalue weighted by atomic mass is 10.1. The quantitative estimate of drug-likeness (QED) is 0.658. The third kappa shape index (κ3) is 3.24. The summed E-state index contributed by atoms with van der Waals surface area (Å²) in [6.07, 6.45) is 0.937. The normalized spacial score (nSPS) is 15.1. The molecule has 0 radical (unpaired) electrons. The highest BCUT2D eigenvalue weighted by molar-refractivity contribution is 5.98. The molecule has 28 heavy (non-hydrogen) atoms. The van der Waals surface area contributed by atoms with Gasteiger partial charge in [-0.15, -0.1) is 5.10 Å². The number of benzene rings is 2. The number of carbonyl (C=O) groups excluding carboxylic acids is 1. The molecule has 0 saturated heterocycles. The molecule has 0 bridgehead atoms. The fourth-order valence-corrected chi connectivity index (χ4v) is 3.14. The van der Waals surface area contributed by atoms with Gasteiger partial charge in [-0.3, -0.25) is 0 Å². The van der Waals surface area contributed by atoms with Crippen LogP contribution >= 0.6 is 0 Å². The van der Waals surface area contributed by atoms with Crippen LogP contribution in [0, 0.1) is 6.92 Å². The van der Waals surface area contributed by atoms with Crippen LogP contribution in [0.3, 0.4) is 0 Å². The molecular formula is C20H20N4O4. The summed E-state index contributed by atoms with van der Waals surface area (Å²) < 4.78 is 17.8. The van der Waals surface area contributed by atoms with Gasteiger partial charge in [0.1, 0.15) is 11.9 Å². The molecule has 1 aliphatic rings. The first-order valence-electron chi connectivity index (χ1n) is 8.76. The first kappa shape index (κ1) is 17.8. The van der Waals surface area contributed by atoms with Crippen molar-refractivity contribution in [2.75, 3.05) is 19.5 Å². The smallest absolute Gasteiger partial charge is 0.344 e. The van der Waals surface area contributed by atoms with Crippen molar-refractivity contribution < 1.29 is 19.0 Å². The number of aromatic nitrogens is 3. The Kier molecular flexibility index (Phi) is 4.60. The van der Waals surface area contributed by atoms with Gasteiger partial charge in [-0.1, -0.05) is 29.8 Å². The number of methoxy groups -OCH3 is 2. The van der Waals surface area contributed by atoms with Crippen LogP contribution in [0.5, 0.6) is 11.5 Å². The molecule has 1 N–H and O–H groups in total. The van der Waals surface area contributed by atoms with Gasteiger partial charge in [-0.05, 0) is 24.6 Å². The van der Waals surface area contributed by atoms with Crippen LogP contribution in [0.4, 0.5) is 5.95 Å². The molecule has 0 saturated carbocycles. The Labute approximate surface area is 162 Å². The summed E-state index contributed by atoms with van der Waals surface area (Å²) in [6, 6.07) is 11.7. The Morgan fingerprint density at radius 2 is 1.93 bits per heavy atom. The predicted molar refractivity (Wildman–Crippen MR) is 102 cm³/mol. The molecule has 0 fully saturated rings. The Bertz CT molecular complexity index is 1010. The van der Waals surface area contributed by atoms with Crippen molar-refractivity contribution in [3.05, 3.63) is 65.0 Å². The maximum Gasteiger partial charge on any atom is 0.344 e. The number of hydrogen-bond donors (Lipinski definition) is 1. The lowest BCUT2D eigenvalue weighted by molar-refractivity contribution is 0.0434. The minimum atomic E-state index is -0.697. The summed E-state index contributed by atoms with van der Waals surface area (Å²) in [5.74, 6) is 0.710. The average Bonchev–Trinajstić information content (AvgIpc) is 3.27. The molecule has 1 unspecified atom stereocenters. The highest BCUT2D eigenvalue weighted by Crippen LogP contribution is 2.41. The highest BCUT2D eigenvalue weighted by Gasteiger charge is 2.36. The molecule has 1 atom stereocenters. The molecule has 8 nitrogen and oxygen atoms in total. The van der Waals surface area contributed by atoms with Gasteiger partial charge in [0.15, 0.2) is 11.5 Å². The SMILES string of the molecule is COc1ccc2c(c1OC)C(=O)OC2Nc1ncn(Cc2ccc(C)cc2)n1. The largest absolute Gasteiger partial charge is 0.493 e. The standard InChI is InChI=1S/C20H20N4O4/c1-12-4-6-13(7-5-12)10-24-11-21-20(23-24)22-18-14-8-9-15(26-2)17(27-3)16(14)19(25)28-18/h4-9,11,18H,10H2,1-3H3,(H,22,23). The van der Waals surface area contributed by atoms with Gasteiger partial charge in [-0.25, -0.2) is 14.5 Å². The second-order valence-electron chi connectivity index (χ2n) is 6.45. The van der Waals surface area contributed by atoms with Gasteiger partial charge in [0, 0.05) is 5.56 Å². The number of aryl methyl sites for hydroxylation is 1. The van der Waals surface area contributed by atoms with Crippen molar-refractivity contribution in [2.24, 2.45) is 0 Å². The number of ether oxygens (including phenoxy) is 3. The summed E-state index contributed by atoms with van der Waals surface area (Å²) >= 11 is 0. The highest BCUT2D eigenvalue weighted by atomic mass is 16.6. The number of nitrogens with one attached hydrogen (secondary N) is 1. The van der Waals surface area contributed by atoms with Crippen LogP contribution in [0.2, 0.25) is 0 Å². The zero-order valence-electron chi connectivity index (χ0n) is 15.8. The van der Waals surface area contributed by atoms with E-state index in [2.05, 4.69) is 39.7 Å². The van der Waals surface area contributed by atoms with Gasteiger partial charge in [0.25, 0.3) is 0 Å². The lowest BCUT2D eigenvalue weighted by Gasteiger charge is -2.12. The number of anilines is 1. The van der Waals surface area contributed by atoms with E-state index in [-0.39, 0.29) is 0 Å². The van der Waals surface area contributed by atoms with Gasteiger partial charge in [0.2, 0.25) is 12.2 Å². The van der Waals surface area contributed by atoms with Crippen LogP contribution in [-0.4, -0.2) is 35.0 Å². The zero-order valence-corrected chi connectivity index (χ0v) is 15.8. The van der Waals surface area contributed by atoms with Crippen molar-refractivity contribution in [3.8, 4) is 11.5 Å². The van der Waals surface area contributed by atoms with E-state index in [0.29, 0.717) is 35.1 Å². The second-order valence-corrected chi connectivity index (χ2v) is 6.45. The average molecular weight is 380 g/mol. The predicted octanol–water partition coefficient (Wildman–Crippen LogP) is 2.93. The molecule has 2 heterocycles. The van der Waals surface area contributed by atoms with E-state index in [9.17, 15) is 4.79 Å². The Morgan fingerprint density at radius 1 is 1.14 bits per heavy atom. The number of rotatable bonds is 6. The van der Waals surface area contributed by atoms with E-state index in [0.717, 1.165) is 5.56 Å². The Morgan fingerprint density at radius 3 is 2.64 bits per heavy atom. The van der Waals surface area contributed by atoms with Crippen molar-refractivity contribution in [3.63, 3.8) is 0 Å². The molecule has 0 spiro atoms. The van der Waals surface area contributed by atoms with Crippen molar-refractivity contribution in [2.45, 2.75) is 19.7 Å². The number of nitrogens with zero attached hydrogens (tertiary/aromatic N) is 3. The molecular weight excluding hydrogens is 360 g/mol. The Balaban J connectivity index is 1.53. The molecule has 2 aromatic carbocycles. The minimum absolute atomic E-state index is 0.346. The van der Waals surface area contributed by atoms with E-state index in [1.54, 1.807) is 23.1 Å². The topological polar surface area (TPSA) is 87.5 Å². The molecule has 1 aromatic heterocycles. The monoisotopic (exact) mass is 380 g/mol. The number of esters is 1. The van der Waals surface area contributed by atoms with Crippen LogP contribution in [0.15, 0.2) is 42.7 Å². The molecule has 0 aliphatic carbocycles. The molecule has 3 aromatic rings. The first-order valence-corrected chi connectivity index (χ1v) is 8.76.